The summed E-state index contributed by atoms with van der Waals surface area (Å²) < 4.78 is 0. The van der Waals surface area contributed by atoms with E-state index >= 15 is 0 Å². The quantitative estimate of drug-likeness (QED) is 0.190. The largest absolute Gasteiger partial charge is 1.00 e. The van der Waals surface area contributed by atoms with Crippen molar-refractivity contribution in [2.24, 2.45) is 0 Å². The first-order chi connectivity index (χ1) is 1.41. The van der Waals surface area contributed by atoms with Gasteiger partial charge in [-0.3, -0.25) is 0 Å². The number of isothiocyanates is 1. The van der Waals surface area contributed by atoms with Crippen LogP contribution in [0.25, 0.3) is 5.41 Å². The summed E-state index contributed by atoms with van der Waals surface area (Å²) in [6.45, 7) is 0. The average Bonchev–Trinajstić information content (AvgIpc) is 0.918. The Labute approximate surface area is 107 Å². The second-order valence-corrected chi connectivity index (χ2v) is 0.274. The van der Waals surface area contributed by atoms with Crippen LogP contribution in [0.5, 0.6) is 0 Å². The molecule has 0 saturated carbocycles. The molecule has 24 valence electrons. The number of rotatable bonds is 0. The van der Waals surface area contributed by atoms with Crippen LogP contribution in [0.15, 0.2) is 0 Å². The van der Waals surface area contributed by atoms with Gasteiger partial charge in [-0.15, -0.1) is 0 Å². The summed E-state index contributed by atoms with van der Waals surface area (Å²) in [4.78, 5) is 0. The third kappa shape index (κ3) is 32.4. The molecule has 0 radical (unpaired) electrons. The number of thiocarbonyl (C=S) groups is 1. The molecule has 0 aromatic heterocycles. The molecule has 0 unspecified atom stereocenters. The van der Waals surface area contributed by atoms with E-state index in [0.717, 1.165) is 0 Å². The zero-order valence-electron chi connectivity index (χ0n) is 3.80. The summed E-state index contributed by atoms with van der Waals surface area (Å²) in [7, 11) is 0. The van der Waals surface area contributed by atoms with Crippen molar-refractivity contribution < 1.29 is 86.4 Å². The summed E-state index contributed by atoms with van der Waals surface area (Å²) in [6, 6.07) is 0. The fraction of sp³-hybridized carbons (Fsp3) is 0. The molecule has 0 heterocycles. The van der Waals surface area contributed by atoms with Gasteiger partial charge < -0.3 is 10.9 Å². The summed E-state index contributed by atoms with van der Waals surface area (Å²) in [5.41, 5.74) is 0. The predicted octanol–water partition coefficient (Wildman–Crippen LogP) is -5.51. The molecule has 5 heteroatoms. The van der Waals surface area contributed by atoms with E-state index in [1.54, 1.807) is 0 Å². The van der Waals surface area contributed by atoms with E-state index in [1.807, 2.05) is 0 Å². The number of hydrogen-bond acceptors (Lipinski definition) is 2. The molecule has 0 aromatic rings. The van der Waals surface area contributed by atoms with Gasteiger partial charge in [0.2, 0.25) is 0 Å². The van der Waals surface area contributed by atoms with Gasteiger partial charge in [0, 0.05) is 0 Å². The van der Waals surface area contributed by atoms with Gasteiger partial charge in [0.25, 0.3) is 0 Å². The van der Waals surface area contributed by atoms with Gasteiger partial charge in [0.05, 0.1) is 0 Å². The van der Waals surface area contributed by atoms with Crippen LogP contribution in [0.1, 0.15) is 0 Å². The second-order valence-electron chi connectivity index (χ2n) is 0.0913. The number of nitrogens with zero attached hydrogens (tertiary/aromatic N) is 1. The molecule has 0 spiro atoms. The first kappa shape index (κ1) is 23.8. The third-order valence-electron chi connectivity index (χ3n) is 0. The Morgan fingerprint density at radius 2 is 1.50 bits per heavy atom. The van der Waals surface area contributed by atoms with Crippen molar-refractivity contribution in [3.63, 3.8) is 0 Å². The molecular formula is CHKNNaOS. The molecule has 0 atom stereocenters. The molecule has 0 aliphatic rings. The maximum absolute atomic E-state index is 7.13. The van der Waals surface area contributed by atoms with Crippen molar-refractivity contribution >= 4 is 17.4 Å². The Kier molecular flexibility index (Phi) is 104. The van der Waals surface area contributed by atoms with E-state index in [4.69, 9.17) is 5.41 Å². The Balaban J connectivity index is -0.00000000667. The minimum absolute atomic E-state index is 0. The van der Waals surface area contributed by atoms with E-state index in [2.05, 4.69) is 12.2 Å². The summed E-state index contributed by atoms with van der Waals surface area (Å²) in [5, 5.41) is 8.47. The van der Waals surface area contributed by atoms with Crippen LogP contribution < -0.4 is 80.9 Å². The van der Waals surface area contributed by atoms with Gasteiger partial charge in [-0.1, -0.05) is 12.2 Å². The van der Waals surface area contributed by atoms with Crippen LogP contribution in [0.3, 0.4) is 0 Å². The van der Waals surface area contributed by atoms with Crippen LogP contribution in [-0.4, -0.2) is 10.6 Å². The van der Waals surface area contributed by atoms with Crippen LogP contribution in [-0.2, 0) is 0 Å². The average molecular weight is 137 g/mol. The maximum atomic E-state index is 7.13. The van der Waals surface area contributed by atoms with Crippen molar-refractivity contribution in [2.45, 2.75) is 0 Å². The molecule has 6 heavy (non-hydrogen) atoms. The topological polar surface area (TPSA) is 52.3 Å². The fourth-order valence-corrected chi connectivity index (χ4v) is 0. The van der Waals surface area contributed by atoms with Gasteiger partial charge >= 0.3 is 80.9 Å². The standard InChI is InChI=1S/CNS.K.Na.H2O/c2-1-3;;;/h;;;1H2/q-1;2*+1;/p-1. The summed E-state index contributed by atoms with van der Waals surface area (Å²) >= 11 is 3.70. The van der Waals surface area contributed by atoms with E-state index in [9.17, 15) is 0 Å². The van der Waals surface area contributed by atoms with Crippen molar-refractivity contribution in [3.8, 4) is 0 Å². The Morgan fingerprint density at radius 1 is 1.50 bits per heavy atom. The molecule has 0 fully saturated rings. The van der Waals surface area contributed by atoms with Crippen LogP contribution in [0, 0.1) is 0 Å². The van der Waals surface area contributed by atoms with E-state index in [-0.39, 0.29) is 86.4 Å². The zero-order chi connectivity index (χ0) is 2.71. The SMILES string of the molecule is [K+].[N-]=C=S.[Na+].[OH-]. The fourth-order valence-electron chi connectivity index (χ4n) is 0. The first-order valence-corrected chi connectivity index (χ1v) is 0.836. The molecule has 0 saturated heterocycles. The first-order valence-electron chi connectivity index (χ1n) is 0.428. The summed E-state index contributed by atoms with van der Waals surface area (Å²) in [5.74, 6) is 0. The molecule has 0 aromatic carbocycles. The van der Waals surface area contributed by atoms with Gasteiger partial charge in [0.1, 0.15) is 0 Å². The van der Waals surface area contributed by atoms with Crippen molar-refractivity contribution in [1.82, 2.24) is 0 Å². The van der Waals surface area contributed by atoms with Crippen LogP contribution in [0.4, 0.5) is 0 Å². The zero-order valence-corrected chi connectivity index (χ0v) is 9.74. The van der Waals surface area contributed by atoms with E-state index < -0.39 is 0 Å². The van der Waals surface area contributed by atoms with Gasteiger partial charge in [-0.2, -0.15) is 5.16 Å². The van der Waals surface area contributed by atoms with Crippen molar-refractivity contribution in [2.75, 3.05) is 0 Å². The van der Waals surface area contributed by atoms with Crippen LogP contribution in [0.2, 0.25) is 0 Å². The normalized spacial score (nSPS) is 1.33. The van der Waals surface area contributed by atoms with Gasteiger partial charge in [-0.25, -0.2) is 0 Å². The predicted molar refractivity (Wildman–Crippen MR) is 17.9 cm³/mol. The second kappa shape index (κ2) is 26.2. The Bertz CT molecular complexity index is 36.5. The molecule has 0 aliphatic heterocycles. The Hall–Kier alpha value is 2.40. The monoisotopic (exact) mass is 137 g/mol. The van der Waals surface area contributed by atoms with E-state index in [1.165, 1.54) is 5.16 Å². The van der Waals surface area contributed by atoms with Crippen LogP contribution >= 0.6 is 12.2 Å². The smallest absolute Gasteiger partial charge is 0.870 e. The van der Waals surface area contributed by atoms with Gasteiger partial charge in [0.15, 0.2) is 0 Å². The molecular weight excluding hydrogens is 136 g/mol. The minimum Gasteiger partial charge on any atom is -0.870 e. The molecule has 0 amide bonds. The molecule has 1 N–H and O–H groups in total. The van der Waals surface area contributed by atoms with E-state index in [0.29, 0.717) is 0 Å². The summed E-state index contributed by atoms with van der Waals surface area (Å²) in [6.07, 6.45) is 0. The minimum atomic E-state index is 0. The number of hydrogen-bond donors (Lipinski definition) is 0. The molecule has 0 bridgehead atoms. The Morgan fingerprint density at radius 3 is 1.50 bits per heavy atom. The van der Waals surface area contributed by atoms with Gasteiger partial charge in [-0.05, 0) is 0 Å². The third-order valence-corrected chi connectivity index (χ3v) is 0. The molecule has 2 nitrogen and oxygen atoms in total. The van der Waals surface area contributed by atoms with Crippen molar-refractivity contribution in [3.05, 3.63) is 5.41 Å². The molecule has 0 aliphatic carbocycles. The molecule has 0 rings (SSSR count). The maximum Gasteiger partial charge on any atom is 1.00 e. The van der Waals surface area contributed by atoms with Crippen molar-refractivity contribution in [1.29, 1.82) is 0 Å².